The Kier molecular flexibility index (Phi) is 3.89. The van der Waals surface area contributed by atoms with Gasteiger partial charge >= 0.3 is 0 Å². The van der Waals surface area contributed by atoms with Gasteiger partial charge in [0, 0.05) is 16.1 Å². The van der Waals surface area contributed by atoms with Crippen LogP contribution in [0.3, 0.4) is 0 Å². The van der Waals surface area contributed by atoms with Crippen LogP contribution in [0.25, 0.3) is 28.2 Å². The van der Waals surface area contributed by atoms with Crippen LogP contribution in [0.15, 0.2) is 91.0 Å². The van der Waals surface area contributed by atoms with Crippen molar-refractivity contribution in [3.05, 3.63) is 96.0 Å². The van der Waals surface area contributed by atoms with Crippen LogP contribution in [0.4, 0.5) is 0 Å². The highest BCUT2D eigenvalue weighted by molar-refractivity contribution is 6.33. The van der Waals surface area contributed by atoms with Gasteiger partial charge in [-0.1, -0.05) is 78.3 Å². The quantitative estimate of drug-likeness (QED) is 0.460. The van der Waals surface area contributed by atoms with E-state index in [0.29, 0.717) is 5.02 Å². The molecule has 3 heteroatoms. The first-order valence-corrected chi connectivity index (χ1v) is 8.16. The molecule has 0 fully saturated rings. The van der Waals surface area contributed by atoms with Crippen LogP contribution in [-0.4, -0.2) is 9.78 Å². The third-order valence-electron chi connectivity index (χ3n) is 3.93. The summed E-state index contributed by atoms with van der Waals surface area (Å²) in [6.07, 6.45) is 0. The predicted octanol–water partition coefficient (Wildman–Crippen LogP) is 5.86. The molecule has 0 atom stereocenters. The van der Waals surface area contributed by atoms with Gasteiger partial charge in [0.25, 0.3) is 0 Å². The Labute approximate surface area is 146 Å². The second-order valence-corrected chi connectivity index (χ2v) is 5.92. The molecule has 0 bridgehead atoms. The number of halogens is 1. The first-order chi connectivity index (χ1) is 11.8. The van der Waals surface area contributed by atoms with Gasteiger partial charge in [-0.3, -0.25) is 0 Å². The van der Waals surface area contributed by atoms with E-state index in [2.05, 4.69) is 18.2 Å². The van der Waals surface area contributed by atoms with Crippen LogP contribution >= 0.6 is 11.6 Å². The molecule has 1 heterocycles. The maximum absolute atomic E-state index is 6.43. The highest BCUT2D eigenvalue weighted by Crippen LogP contribution is 2.32. The van der Waals surface area contributed by atoms with Gasteiger partial charge in [0.05, 0.1) is 17.1 Å². The Morgan fingerprint density at radius 2 is 1.33 bits per heavy atom. The maximum atomic E-state index is 6.43. The van der Waals surface area contributed by atoms with Gasteiger partial charge in [0.15, 0.2) is 0 Å². The molecular formula is C21H15ClN2. The van der Waals surface area contributed by atoms with E-state index >= 15 is 0 Å². The van der Waals surface area contributed by atoms with E-state index in [1.807, 2.05) is 77.5 Å². The second-order valence-electron chi connectivity index (χ2n) is 5.51. The van der Waals surface area contributed by atoms with Gasteiger partial charge in [-0.15, -0.1) is 0 Å². The van der Waals surface area contributed by atoms with E-state index in [0.717, 1.165) is 28.2 Å². The average molecular weight is 331 g/mol. The first-order valence-electron chi connectivity index (χ1n) is 7.79. The normalized spacial score (nSPS) is 10.7. The lowest BCUT2D eigenvalue weighted by Gasteiger charge is -2.08. The van der Waals surface area contributed by atoms with Gasteiger partial charge in [0.2, 0.25) is 0 Å². The Hall–Kier alpha value is -2.84. The van der Waals surface area contributed by atoms with Crippen molar-refractivity contribution in [2.24, 2.45) is 0 Å². The van der Waals surface area contributed by atoms with Crippen LogP contribution in [0.5, 0.6) is 0 Å². The lowest BCUT2D eigenvalue weighted by atomic mass is 10.1. The zero-order chi connectivity index (χ0) is 16.4. The summed E-state index contributed by atoms with van der Waals surface area (Å²) in [5.74, 6) is 0. The molecule has 0 aliphatic heterocycles. The summed E-state index contributed by atoms with van der Waals surface area (Å²) in [6, 6.07) is 30.2. The minimum absolute atomic E-state index is 0.717. The Balaban J connectivity index is 1.94. The van der Waals surface area contributed by atoms with Crippen molar-refractivity contribution in [3.63, 3.8) is 0 Å². The number of nitrogens with zero attached hydrogens (tertiary/aromatic N) is 2. The van der Waals surface area contributed by atoms with E-state index in [1.54, 1.807) is 0 Å². The van der Waals surface area contributed by atoms with Crippen molar-refractivity contribution in [2.75, 3.05) is 0 Å². The highest BCUT2D eigenvalue weighted by Gasteiger charge is 2.14. The number of aromatic nitrogens is 2. The molecule has 116 valence electrons. The van der Waals surface area contributed by atoms with Crippen LogP contribution in [0.1, 0.15) is 0 Å². The van der Waals surface area contributed by atoms with E-state index < -0.39 is 0 Å². The lowest BCUT2D eigenvalue weighted by molar-refractivity contribution is 0.892. The van der Waals surface area contributed by atoms with E-state index in [9.17, 15) is 0 Å². The molecule has 0 saturated heterocycles. The third kappa shape index (κ3) is 2.72. The summed E-state index contributed by atoms with van der Waals surface area (Å²) < 4.78 is 1.95. The van der Waals surface area contributed by atoms with Gasteiger partial charge in [-0.2, -0.15) is 5.10 Å². The highest BCUT2D eigenvalue weighted by atomic mass is 35.5. The maximum Gasteiger partial charge on any atom is 0.0934 e. The Bertz CT molecular complexity index is 960. The smallest absolute Gasteiger partial charge is 0.0934 e. The molecule has 0 saturated carbocycles. The molecule has 1 aromatic heterocycles. The third-order valence-corrected chi connectivity index (χ3v) is 4.26. The van der Waals surface area contributed by atoms with Gasteiger partial charge < -0.3 is 0 Å². The molecule has 0 amide bonds. The topological polar surface area (TPSA) is 17.8 Å². The zero-order valence-corrected chi connectivity index (χ0v) is 13.7. The van der Waals surface area contributed by atoms with Crippen LogP contribution < -0.4 is 0 Å². The number of benzene rings is 3. The summed E-state index contributed by atoms with van der Waals surface area (Å²) in [6.45, 7) is 0. The van der Waals surface area contributed by atoms with Crippen LogP contribution in [0, 0.1) is 0 Å². The van der Waals surface area contributed by atoms with Crippen molar-refractivity contribution in [2.45, 2.75) is 0 Å². The van der Waals surface area contributed by atoms with Gasteiger partial charge in [0.1, 0.15) is 0 Å². The van der Waals surface area contributed by atoms with E-state index in [1.165, 1.54) is 0 Å². The Morgan fingerprint density at radius 1 is 0.708 bits per heavy atom. The van der Waals surface area contributed by atoms with Crippen molar-refractivity contribution in [3.8, 4) is 28.2 Å². The fourth-order valence-corrected chi connectivity index (χ4v) is 2.99. The number of rotatable bonds is 3. The molecule has 3 aromatic carbocycles. The van der Waals surface area contributed by atoms with E-state index in [-0.39, 0.29) is 0 Å². The lowest BCUT2D eigenvalue weighted by Crippen LogP contribution is -1.99. The van der Waals surface area contributed by atoms with Gasteiger partial charge in [-0.25, -0.2) is 4.68 Å². The molecule has 0 unspecified atom stereocenters. The summed E-state index contributed by atoms with van der Waals surface area (Å²) in [5, 5.41) is 5.54. The predicted molar refractivity (Wildman–Crippen MR) is 99.4 cm³/mol. The summed E-state index contributed by atoms with van der Waals surface area (Å²) >= 11 is 6.43. The molecule has 4 aromatic rings. The number of hydrogen-bond donors (Lipinski definition) is 0. The molecule has 0 aliphatic rings. The summed E-state index contributed by atoms with van der Waals surface area (Å²) in [4.78, 5) is 0. The molecule has 0 radical (unpaired) electrons. The molecule has 0 aliphatic carbocycles. The van der Waals surface area contributed by atoms with Crippen molar-refractivity contribution < 1.29 is 0 Å². The number of hydrogen-bond acceptors (Lipinski definition) is 1. The monoisotopic (exact) mass is 330 g/mol. The summed E-state index contributed by atoms with van der Waals surface area (Å²) in [5.41, 5.74) is 4.97. The minimum atomic E-state index is 0.717. The second kappa shape index (κ2) is 6.34. The first kappa shape index (κ1) is 14.7. The number of para-hydroxylation sites is 1. The zero-order valence-electron chi connectivity index (χ0n) is 12.9. The van der Waals surface area contributed by atoms with Crippen LogP contribution in [-0.2, 0) is 0 Å². The molecule has 0 spiro atoms. The molecule has 4 rings (SSSR count). The van der Waals surface area contributed by atoms with Crippen LogP contribution in [0.2, 0.25) is 5.02 Å². The fourth-order valence-electron chi connectivity index (χ4n) is 2.76. The molecule has 24 heavy (non-hydrogen) atoms. The molecule has 0 N–H and O–H groups in total. The summed E-state index contributed by atoms with van der Waals surface area (Å²) in [7, 11) is 0. The average Bonchev–Trinajstić information content (AvgIpc) is 3.09. The van der Waals surface area contributed by atoms with E-state index in [4.69, 9.17) is 16.7 Å². The Morgan fingerprint density at radius 3 is 2.04 bits per heavy atom. The van der Waals surface area contributed by atoms with Crippen molar-refractivity contribution in [1.82, 2.24) is 9.78 Å². The fraction of sp³-hybridized carbons (Fsp3) is 0. The molecule has 2 nitrogen and oxygen atoms in total. The SMILES string of the molecule is Clc1ccccc1-c1cc(-c2ccccc2)nn1-c1ccccc1. The van der Waals surface area contributed by atoms with Gasteiger partial charge in [-0.05, 0) is 24.3 Å². The molecular weight excluding hydrogens is 316 g/mol. The van der Waals surface area contributed by atoms with Crippen molar-refractivity contribution >= 4 is 11.6 Å². The standard InChI is InChI=1S/C21H15ClN2/c22-19-14-8-7-13-18(19)21-15-20(16-9-3-1-4-10-16)23-24(21)17-11-5-2-6-12-17/h1-15H. The largest absolute Gasteiger partial charge is 0.232 e. The minimum Gasteiger partial charge on any atom is -0.232 e. The van der Waals surface area contributed by atoms with Crippen molar-refractivity contribution in [1.29, 1.82) is 0 Å².